The summed E-state index contributed by atoms with van der Waals surface area (Å²) in [4.78, 5) is 14.7. The molecule has 3 rings (SSSR count). The molecule has 1 aliphatic heterocycles. The Hall–Kier alpha value is -0.980. The van der Waals surface area contributed by atoms with Crippen LogP contribution in [0.5, 0.6) is 11.5 Å². The van der Waals surface area contributed by atoms with E-state index < -0.39 is 0 Å². The van der Waals surface area contributed by atoms with Crippen molar-refractivity contribution in [3.63, 3.8) is 0 Å². The van der Waals surface area contributed by atoms with E-state index in [1.54, 1.807) is 26.4 Å². The summed E-state index contributed by atoms with van der Waals surface area (Å²) in [6.45, 7) is 2.73. The molecular weight excluding hydrogens is 408 g/mol. The molecule has 0 unspecified atom stereocenters. The number of carbonyl (C=O) groups excluding carboxylic acids is 1. The third-order valence-corrected chi connectivity index (χ3v) is 5.65. The molecule has 7 heteroatoms. The Balaban J connectivity index is 0.00000225. The standard InChI is InChI=1S/C18H25BrN2O3.ClH/c1-23-15-9-13(10-16(24-2)17(15)19)18(22)21-7-5-14(6-8-21)20-11-12-3-4-12;/h9-10,12,14,20H,3-8,11H2,1-2H3;1H. The average molecular weight is 434 g/mol. The minimum absolute atomic E-state index is 0. The van der Waals surface area contributed by atoms with Crippen molar-refractivity contribution in [2.24, 2.45) is 5.92 Å². The number of methoxy groups -OCH3 is 2. The van der Waals surface area contributed by atoms with Gasteiger partial charge in [-0.1, -0.05) is 0 Å². The summed E-state index contributed by atoms with van der Waals surface area (Å²) in [5.41, 5.74) is 0.608. The van der Waals surface area contributed by atoms with Crippen molar-refractivity contribution < 1.29 is 14.3 Å². The Kier molecular flexibility index (Phi) is 7.40. The molecule has 1 saturated carbocycles. The number of ether oxygens (including phenoxy) is 2. The third-order valence-electron chi connectivity index (χ3n) is 4.87. The molecule has 0 atom stereocenters. The van der Waals surface area contributed by atoms with Crippen LogP contribution < -0.4 is 14.8 Å². The Morgan fingerprint density at radius 2 is 1.72 bits per heavy atom. The van der Waals surface area contributed by atoms with E-state index in [0.29, 0.717) is 23.1 Å². The molecule has 140 valence electrons. The van der Waals surface area contributed by atoms with Gasteiger partial charge in [-0.2, -0.15) is 0 Å². The second kappa shape index (κ2) is 9.10. The van der Waals surface area contributed by atoms with Crippen LogP contribution >= 0.6 is 28.3 Å². The van der Waals surface area contributed by atoms with Crippen LogP contribution in [0.15, 0.2) is 16.6 Å². The van der Waals surface area contributed by atoms with Crippen molar-refractivity contribution in [2.75, 3.05) is 33.9 Å². The fraction of sp³-hybridized carbons (Fsp3) is 0.611. The SMILES string of the molecule is COc1cc(C(=O)N2CCC(NCC3CC3)CC2)cc(OC)c1Br.Cl. The van der Waals surface area contributed by atoms with Crippen molar-refractivity contribution in [1.82, 2.24) is 10.2 Å². The second-order valence-corrected chi connectivity index (χ2v) is 7.41. The van der Waals surface area contributed by atoms with Gasteiger partial charge in [0.25, 0.3) is 5.91 Å². The highest BCUT2D eigenvalue weighted by Crippen LogP contribution is 2.36. The monoisotopic (exact) mass is 432 g/mol. The Morgan fingerprint density at radius 3 is 2.20 bits per heavy atom. The summed E-state index contributed by atoms with van der Waals surface area (Å²) in [6, 6.07) is 4.09. The maximum absolute atomic E-state index is 12.8. The highest BCUT2D eigenvalue weighted by Gasteiger charge is 2.27. The number of benzene rings is 1. The summed E-state index contributed by atoms with van der Waals surface area (Å²) in [5, 5.41) is 3.64. The van der Waals surface area contributed by atoms with Crippen LogP contribution in [0.3, 0.4) is 0 Å². The number of likely N-dealkylation sites (tertiary alicyclic amines) is 1. The molecule has 0 radical (unpaired) electrons. The molecule has 1 aliphatic carbocycles. The molecule has 1 amide bonds. The predicted molar refractivity (Wildman–Crippen MR) is 104 cm³/mol. The van der Waals surface area contributed by atoms with Crippen LogP contribution in [-0.2, 0) is 0 Å². The summed E-state index contributed by atoms with van der Waals surface area (Å²) in [7, 11) is 3.18. The zero-order valence-electron chi connectivity index (χ0n) is 14.7. The fourth-order valence-electron chi connectivity index (χ4n) is 3.12. The number of nitrogens with one attached hydrogen (secondary N) is 1. The van der Waals surface area contributed by atoms with Gasteiger partial charge in [-0.05, 0) is 66.2 Å². The molecule has 1 N–H and O–H groups in total. The van der Waals surface area contributed by atoms with E-state index >= 15 is 0 Å². The van der Waals surface area contributed by atoms with Crippen molar-refractivity contribution in [2.45, 2.75) is 31.7 Å². The van der Waals surface area contributed by atoms with Crippen molar-refractivity contribution >= 4 is 34.2 Å². The zero-order valence-corrected chi connectivity index (χ0v) is 17.1. The first-order valence-electron chi connectivity index (χ1n) is 8.56. The summed E-state index contributed by atoms with van der Waals surface area (Å²) in [6.07, 6.45) is 4.78. The Morgan fingerprint density at radius 1 is 1.16 bits per heavy atom. The molecule has 0 aromatic heterocycles. The van der Waals surface area contributed by atoms with E-state index in [0.717, 1.165) is 42.9 Å². The highest BCUT2D eigenvalue weighted by molar-refractivity contribution is 9.10. The first kappa shape index (κ1) is 20.3. The van der Waals surface area contributed by atoms with E-state index in [1.807, 2.05) is 4.90 Å². The number of halogens is 2. The van der Waals surface area contributed by atoms with Crippen LogP contribution in [0.25, 0.3) is 0 Å². The van der Waals surface area contributed by atoms with Gasteiger partial charge < -0.3 is 19.7 Å². The molecule has 0 bridgehead atoms. The van der Waals surface area contributed by atoms with Gasteiger partial charge >= 0.3 is 0 Å². The Bertz CT molecular complexity index is 577. The third kappa shape index (κ3) is 5.02. The first-order chi connectivity index (χ1) is 11.6. The van der Waals surface area contributed by atoms with Gasteiger partial charge in [-0.15, -0.1) is 12.4 Å². The maximum Gasteiger partial charge on any atom is 0.254 e. The summed E-state index contributed by atoms with van der Waals surface area (Å²) in [5.74, 6) is 2.16. The number of amides is 1. The minimum Gasteiger partial charge on any atom is -0.495 e. The summed E-state index contributed by atoms with van der Waals surface area (Å²) >= 11 is 3.44. The number of carbonyl (C=O) groups is 1. The lowest BCUT2D eigenvalue weighted by atomic mass is 10.0. The lowest BCUT2D eigenvalue weighted by molar-refractivity contribution is 0.0704. The summed E-state index contributed by atoms with van der Waals surface area (Å²) < 4.78 is 11.4. The average Bonchev–Trinajstić information content (AvgIpc) is 3.44. The largest absolute Gasteiger partial charge is 0.495 e. The first-order valence-corrected chi connectivity index (χ1v) is 9.36. The molecule has 1 aromatic rings. The molecule has 2 aliphatic rings. The van der Waals surface area contributed by atoms with Crippen molar-refractivity contribution in [1.29, 1.82) is 0 Å². The van der Waals surface area contributed by atoms with Crippen LogP contribution in [0, 0.1) is 5.92 Å². The van der Waals surface area contributed by atoms with Gasteiger partial charge in [0.15, 0.2) is 0 Å². The molecule has 25 heavy (non-hydrogen) atoms. The van der Waals surface area contributed by atoms with E-state index in [-0.39, 0.29) is 18.3 Å². The van der Waals surface area contributed by atoms with Crippen LogP contribution in [-0.4, -0.2) is 50.7 Å². The zero-order chi connectivity index (χ0) is 17.1. The minimum atomic E-state index is 0. The fourth-order valence-corrected chi connectivity index (χ4v) is 3.67. The van der Waals surface area contributed by atoms with E-state index in [4.69, 9.17) is 9.47 Å². The lowest BCUT2D eigenvalue weighted by Gasteiger charge is -2.32. The predicted octanol–water partition coefficient (Wildman–Crippen LogP) is 3.49. The molecule has 1 saturated heterocycles. The van der Waals surface area contributed by atoms with Crippen molar-refractivity contribution in [3.8, 4) is 11.5 Å². The van der Waals surface area contributed by atoms with Crippen molar-refractivity contribution in [3.05, 3.63) is 22.2 Å². The molecule has 0 spiro atoms. The van der Waals surface area contributed by atoms with E-state index in [2.05, 4.69) is 21.2 Å². The van der Waals surface area contributed by atoms with Gasteiger partial charge in [-0.3, -0.25) is 4.79 Å². The van der Waals surface area contributed by atoms with Gasteiger partial charge in [0.1, 0.15) is 16.0 Å². The molecule has 2 fully saturated rings. The van der Waals surface area contributed by atoms with Gasteiger partial charge in [0.2, 0.25) is 0 Å². The van der Waals surface area contributed by atoms with Gasteiger partial charge in [-0.25, -0.2) is 0 Å². The molecule has 1 aromatic carbocycles. The van der Waals surface area contributed by atoms with Crippen LogP contribution in [0.1, 0.15) is 36.0 Å². The lowest BCUT2D eigenvalue weighted by Crippen LogP contribution is -2.45. The van der Waals surface area contributed by atoms with Gasteiger partial charge in [0, 0.05) is 24.7 Å². The Labute approximate surface area is 164 Å². The molecule has 5 nitrogen and oxygen atoms in total. The number of nitrogens with zero attached hydrogens (tertiary/aromatic N) is 1. The van der Waals surface area contributed by atoms with E-state index in [1.165, 1.54) is 12.8 Å². The molecular formula is C18H26BrClN2O3. The number of piperidine rings is 1. The van der Waals surface area contributed by atoms with E-state index in [9.17, 15) is 4.79 Å². The number of hydrogen-bond donors (Lipinski definition) is 1. The van der Waals surface area contributed by atoms with Crippen LogP contribution in [0.4, 0.5) is 0 Å². The number of rotatable bonds is 6. The van der Waals surface area contributed by atoms with Crippen LogP contribution in [0.2, 0.25) is 0 Å². The quantitative estimate of drug-likeness (QED) is 0.746. The second-order valence-electron chi connectivity index (χ2n) is 6.61. The smallest absolute Gasteiger partial charge is 0.254 e. The van der Waals surface area contributed by atoms with Gasteiger partial charge in [0.05, 0.1) is 14.2 Å². The number of hydrogen-bond acceptors (Lipinski definition) is 4. The highest BCUT2D eigenvalue weighted by atomic mass is 79.9. The maximum atomic E-state index is 12.8. The topological polar surface area (TPSA) is 50.8 Å². The molecule has 1 heterocycles. The normalized spacial score (nSPS) is 17.8.